The van der Waals surface area contributed by atoms with Crippen LogP contribution < -0.4 is 5.32 Å². The van der Waals surface area contributed by atoms with Crippen molar-refractivity contribution in [1.82, 2.24) is 9.21 Å². The Kier molecular flexibility index (Phi) is 7.08. The van der Waals surface area contributed by atoms with Crippen molar-refractivity contribution in [2.45, 2.75) is 11.1 Å². The Morgan fingerprint density at radius 3 is 2.31 bits per heavy atom. The van der Waals surface area contributed by atoms with Crippen LogP contribution >= 0.6 is 11.6 Å². The lowest BCUT2D eigenvalue weighted by Gasteiger charge is -2.33. The second kappa shape index (κ2) is 9.30. The molecule has 0 aromatic heterocycles. The Labute approximate surface area is 185 Å². The van der Waals surface area contributed by atoms with Crippen LogP contribution in [0.1, 0.15) is 5.56 Å². The molecule has 3 rings (SSSR count). The van der Waals surface area contributed by atoms with Crippen LogP contribution in [0.3, 0.4) is 0 Å². The second-order valence-electron chi connectivity index (χ2n) is 6.99. The molecule has 1 N–H and O–H groups in total. The van der Waals surface area contributed by atoms with Crippen LogP contribution in [-0.4, -0.2) is 56.3 Å². The van der Waals surface area contributed by atoms with Crippen LogP contribution in [0.2, 0.25) is 5.02 Å². The maximum absolute atomic E-state index is 13.9. The monoisotopic (exact) mass is 497 g/mol. The van der Waals surface area contributed by atoms with Crippen molar-refractivity contribution in [3.05, 3.63) is 58.6 Å². The Morgan fingerprint density at radius 1 is 1.03 bits per heavy atom. The zero-order valence-electron chi connectivity index (χ0n) is 16.3. The number of hydrogen-bond donors (Lipinski definition) is 1. The summed E-state index contributed by atoms with van der Waals surface area (Å²) in [7, 11) is -4.29. The number of halogens is 6. The fraction of sp³-hybridized carbons (Fsp3) is 0.316. The minimum atomic E-state index is -4.72. The largest absolute Gasteiger partial charge is 0.418 e. The fourth-order valence-corrected chi connectivity index (χ4v) is 4.87. The molecule has 1 aliphatic heterocycles. The molecule has 0 saturated carbocycles. The molecule has 2 aromatic carbocycles. The third kappa shape index (κ3) is 5.55. The van der Waals surface area contributed by atoms with Gasteiger partial charge in [0.2, 0.25) is 15.9 Å². The van der Waals surface area contributed by atoms with Crippen molar-refractivity contribution in [3.63, 3.8) is 0 Å². The van der Waals surface area contributed by atoms with Crippen molar-refractivity contribution in [3.8, 4) is 0 Å². The van der Waals surface area contributed by atoms with E-state index >= 15 is 0 Å². The Hall–Kier alpha value is -2.28. The van der Waals surface area contributed by atoms with E-state index in [0.29, 0.717) is 12.1 Å². The number of rotatable bonds is 5. The molecule has 0 spiro atoms. The summed E-state index contributed by atoms with van der Waals surface area (Å²) in [4.78, 5) is 13.0. The molecule has 1 saturated heterocycles. The summed E-state index contributed by atoms with van der Waals surface area (Å²) in [5.74, 6) is -2.72. The maximum atomic E-state index is 13.9. The molecule has 0 radical (unpaired) electrons. The van der Waals surface area contributed by atoms with E-state index in [1.807, 2.05) is 0 Å². The summed E-state index contributed by atoms with van der Waals surface area (Å²) in [5, 5.41) is 2.05. The standard InChI is InChI=1S/C19H17ClF5N3O3S/c20-12-1-4-16(14(9-12)19(23,24)25)26-18(29)11-27-5-7-28(8-6-27)32(30,31)17-10-13(21)2-3-15(17)22/h1-4,9-10H,5-8,11H2,(H,26,29). The molecular formula is C19H17ClF5N3O3S. The number of anilines is 1. The van der Waals surface area contributed by atoms with Crippen LogP contribution in [0, 0.1) is 11.6 Å². The highest BCUT2D eigenvalue weighted by Gasteiger charge is 2.35. The smallest absolute Gasteiger partial charge is 0.324 e. The highest BCUT2D eigenvalue weighted by atomic mass is 35.5. The molecule has 6 nitrogen and oxygen atoms in total. The summed E-state index contributed by atoms with van der Waals surface area (Å²) in [5.41, 5.74) is -1.54. The zero-order valence-corrected chi connectivity index (χ0v) is 17.9. The van der Waals surface area contributed by atoms with Gasteiger partial charge in [-0.3, -0.25) is 9.69 Å². The maximum Gasteiger partial charge on any atom is 0.418 e. The highest BCUT2D eigenvalue weighted by molar-refractivity contribution is 7.89. The average Bonchev–Trinajstić information content (AvgIpc) is 2.70. The van der Waals surface area contributed by atoms with E-state index < -0.39 is 49.9 Å². The summed E-state index contributed by atoms with van der Waals surface area (Å²) < 4.78 is 92.9. The normalized spacial score (nSPS) is 16.2. The summed E-state index contributed by atoms with van der Waals surface area (Å²) >= 11 is 5.61. The number of piperazine rings is 1. The van der Waals surface area contributed by atoms with Gasteiger partial charge in [-0.25, -0.2) is 17.2 Å². The van der Waals surface area contributed by atoms with E-state index in [2.05, 4.69) is 5.32 Å². The van der Waals surface area contributed by atoms with Gasteiger partial charge in [0.05, 0.1) is 17.8 Å². The third-order valence-corrected chi connectivity index (χ3v) is 6.92. The molecular weight excluding hydrogens is 481 g/mol. The third-order valence-electron chi connectivity index (χ3n) is 4.77. The fourth-order valence-electron chi connectivity index (χ4n) is 3.19. The SMILES string of the molecule is O=C(CN1CCN(S(=O)(=O)c2cc(F)ccc2F)CC1)Nc1ccc(Cl)cc1C(F)(F)F. The van der Waals surface area contributed by atoms with E-state index in [0.717, 1.165) is 22.5 Å². The predicted molar refractivity (Wildman–Crippen MR) is 107 cm³/mol. The summed E-state index contributed by atoms with van der Waals surface area (Å²) in [6, 6.07) is 5.06. The number of benzene rings is 2. The Bertz CT molecular complexity index is 1120. The number of carbonyl (C=O) groups is 1. The quantitative estimate of drug-likeness (QED) is 0.641. The van der Waals surface area contributed by atoms with Gasteiger partial charge in [-0.2, -0.15) is 17.5 Å². The number of carbonyl (C=O) groups excluding carboxylic acids is 1. The first-order chi connectivity index (χ1) is 14.9. The lowest BCUT2D eigenvalue weighted by molar-refractivity contribution is -0.137. The lowest BCUT2D eigenvalue weighted by Crippen LogP contribution is -2.50. The van der Waals surface area contributed by atoms with Gasteiger partial charge in [-0.05, 0) is 36.4 Å². The number of nitrogens with zero attached hydrogens (tertiary/aromatic N) is 2. The first-order valence-corrected chi connectivity index (χ1v) is 11.0. The van der Waals surface area contributed by atoms with E-state index in [1.165, 1.54) is 11.0 Å². The van der Waals surface area contributed by atoms with Gasteiger partial charge in [-0.15, -0.1) is 0 Å². The summed E-state index contributed by atoms with van der Waals surface area (Å²) in [6.45, 7) is -0.380. The Morgan fingerprint density at radius 2 is 1.69 bits per heavy atom. The minimum absolute atomic E-state index is 0.0658. The molecule has 0 aliphatic carbocycles. The van der Waals surface area contributed by atoms with E-state index in [4.69, 9.17) is 11.6 Å². The molecule has 32 heavy (non-hydrogen) atoms. The minimum Gasteiger partial charge on any atom is -0.324 e. The van der Waals surface area contributed by atoms with Gasteiger partial charge in [0, 0.05) is 31.2 Å². The number of amides is 1. The average molecular weight is 498 g/mol. The van der Waals surface area contributed by atoms with Crippen LogP contribution in [0.15, 0.2) is 41.3 Å². The number of alkyl halides is 3. The van der Waals surface area contributed by atoms with Gasteiger partial charge in [-0.1, -0.05) is 11.6 Å². The molecule has 174 valence electrons. The zero-order chi connectivity index (χ0) is 23.7. The van der Waals surface area contributed by atoms with Crippen molar-refractivity contribution in [2.75, 3.05) is 38.0 Å². The molecule has 1 aliphatic rings. The molecule has 1 amide bonds. The highest BCUT2D eigenvalue weighted by Crippen LogP contribution is 2.36. The van der Waals surface area contributed by atoms with Gasteiger partial charge >= 0.3 is 6.18 Å². The summed E-state index contributed by atoms with van der Waals surface area (Å²) in [6.07, 6.45) is -4.72. The first-order valence-electron chi connectivity index (χ1n) is 9.22. The van der Waals surface area contributed by atoms with Gasteiger partial charge in [0.1, 0.15) is 16.5 Å². The molecule has 0 bridgehead atoms. The van der Waals surface area contributed by atoms with Crippen LogP contribution in [0.25, 0.3) is 0 Å². The molecule has 2 aromatic rings. The van der Waals surface area contributed by atoms with E-state index in [9.17, 15) is 35.2 Å². The van der Waals surface area contributed by atoms with E-state index in [-0.39, 0.29) is 37.7 Å². The number of nitrogens with one attached hydrogen (secondary N) is 1. The van der Waals surface area contributed by atoms with Crippen LogP contribution in [-0.2, 0) is 21.0 Å². The molecule has 1 fully saturated rings. The van der Waals surface area contributed by atoms with Gasteiger partial charge in [0.25, 0.3) is 0 Å². The van der Waals surface area contributed by atoms with Gasteiger partial charge < -0.3 is 5.32 Å². The molecule has 0 atom stereocenters. The van der Waals surface area contributed by atoms with E-state index in [1.54, 1.807) is 0 Å². The number of hydrogen-bond acceptors (Lipinski definition) is 4. The van der Waals surface area contributed by atoms with Gasteiger partial charge in [0.15, 0.2) is 0 Å². The van der Waals surface area contributed by atoms with Crippen molar-refractivity contribution < 1.29 is 35.2 Å². The van der Waals surface area contributed by atoms with Crippen molar-refractivity contribution in [1.29, 1.82) is 0 Å². The van der Waals surface area contributed by atoms with Crippen LogP contribution in [0.4, 0.5) is 27.6 Å². The topological polar surface area (TPSA) is 69.7 Å². The van der Waals surface area contributed by atoms with Crippen LogP contribution in [0.5, 0.6) is 0 Å². The van der Waals surface area contributed by atoms with Crippen molar-refractivity contribution >= 4 is 33.2 Å². The first kappa shape index (κ1) is 24.4. The van der Waals surface area contributed by atoms with Crippen molar-refractivity contribution in [2.24, 2.45) is 0 Å². The second-order valence-corrected chi connectivity index (χ2v) is 9.33. The lowest BCUT2D eigenvalue weighted by atomic mass is 10.1. The Balaban J connectivity index is 1.62. The molecule has 1 heterocycles. The molecule has 0 unspecified atom stereocenters. The molecule has 13 heteroatoms. The number of sulfonamides is 1. The predicted octanol–water partition coefficient (Wildman–Crippen LogP) is 3.58.